The Kier molecular flexibility index (Phi) is 7.09. The standard InChI is InChI=1S/C24H25NO3S3/c1-14(25-12-17(29)11-18-9-10-20(31-18)23(27)28)19-13-30-22(21(19)26)15-5-7-16(8-6-15)24(2,3)4/h5-10,13,26H,11-12H2,1-4H3,(H,27,28). The van der Waals surface area contributed by atoms with Crippen molar-refractivity contribution in [2.75, 3.05) is 6.54 Å². The van der Waals surface area contributed by atoms with Gasteiger partial charge in [0, 0.05) is 32.8 Å². The number of aromatic carboxylic acids is 1. The molecule has 4 nitrogen and oxygen atoms in total. The van der Waals surface area contributed by atoms with E-state index in [4.69, 9.17) is 17.3 Å². The first kappa shape index (κ1) is 23.3. The largest absolute Gasteiger partial charge is 0.506 e. The Balaban J connectivity index is 1.70. The lowest BCUT2D eigenvalue weighted by Gasteiger charge is -2.19. The minimum Gasteiger partial charge on any atom is -0.506 e. The van der Waals surface area contributed by atoms with Crippen LogP contribution in [0.15, 0.2) is 46.8 Å². The SMILES string of the molecule is CC(=NCC(=S)Cc1ccc(C(=O)O)s1)c1csc(-c2ccc(C(C)(C)C)cc2)c1O. The Bertz CT molecular complexity index is 1130. The van der Waals surface area contributed by atoms with E-state index >= 15 is 0 Å². The molecule has 7 heteroatoms. The van der Waals surface area contributed by atoms with E-state index in [0.717, 1.165) is 25.9 Å². The summed E-state index contributed by atoms with van der Waals surface area (Å²) in [6, 6.07) is 11.7. The maximum Gasteiger partial charge on any atom is 0.345 e. The second kappa shape index (κ2) is 9.42. The lowest BCUT2D eigenvalue weighted by atomic mass is 9.86. The van der Waals surface area contributed by atoms with Crippen molar-refractivity contribution in [2.24, 2.45) is 4.99 Å². The van der Waals surface area contributed by atoms with Crippen molar-refractivity contribution in [1.82, 2.24) is 0 Å². The third kappa shape index (κ3) is 5.67. The summed E-state index contributed by atoms with van der Waals surface area (Å²) in [5, 5.41) is 21.7. The minimum absolute atomic E-state index is 0.0845. The Morgan fingerprint density at radius 2 is 1.81 bits per heavy atom. The fraction of sp³-hybridized carbons (Fsp3) is 0.292. The van der Waals surface area contributed by atoms with Gasteiger partial charge in [-0.05, 0) is 35.6 Å². The molecule has 0 aliphatic heterocycles. The Labute approximate surface area is 195 Å². The number of hydrogen-bond donors (Lipinski definition) is 2. The van der Waals surface area contributed by atoms with Crippen LogP contribution in [0.5, 0.6) is 5.75 Å². The molecule has 1 aromatic carbocycles. The monoisotopic (exact) mass is 471 g/mol. The predicted octanol–water partition coefficient (Wildman–Crippen LogP) is 6.60. The van der Waals surface area contributed by atoms with Gasteiger partial charge in [0.15, 0.2) is 0 Å². The van der Waals surface area contributed by atoms with Crippen LogP contribution in [0.1, 0.15) is 53.4 Å². The number of rotatable bonds is 7. The summed E-state index contributed by atoms with van der Waals surface area (Å²) in [4.78, 5) is 18.3. The van der Waals surface area contributed by atoms with Crippen LogP contribution in [0.25, 0.3) is 10.4 Å². The van der Waals surface area contributed by atoms with E-state index in [1.54, 1.807) is 12.1 Å². The van der Waals surface area contributed by atoms with Crippen molar-refractivity contribution < 1.29 is 15.0 Å². The molecule has 2 N–H and O–H groups in total. The average molecular weight is 472 g/mol. The first-order valence-corrected chi connectivity index (χ1v) is 11.9. The zero-order valence-electron chi connectivity index (χ0n) is 17.9. The number of benzene rings is 1. The van der Waals surface area contributed by atoms with E-state index in [2.05, 4.69) is 37.9 Å². The maximum atomic E-state index is 11.0. The minimum atomic E-state index is -0.923. The lowest BCUT2D eigenvalue weighted by molar-refractivity contribution is 0.0702. The number of thiocarbonyl (C=S) groups is 1. The van der Waals surface area contributed by atoms with E-state index < -0.39 is 5.97 Å². The summed E-state index contributed by atoms with van der Waals surface area (Å²) in [5.41, 5.74) is 3.76. The molecule has 0 unspecified atom stereocenters. The van der Waals surface area contributed by atoms with E-state index in [9.17, 15) is 9.90 Å². The molecule has 162 valence electrons. The van der Waals surface area contributed by atoms with Crippen molar-refractivity contribution in [3.05, 3.63) is 62.7 Å². The molecule has 0 saturated heterocycles. The molecule has 31 heavy (non-hydrogen) atoms. The van der Waals surface area contributed by atoms with Crippen LogP contribution in [0.3, 0.4) is 0 Å². The summed E-state index contributed by atoms with van der Waals surface area (Å²) in [5.74, 6) is -0.683. The predicted molar refractivity (Wildman–Crippen MR) is 135 cm³/mol. The number of hydrogen-bond acceptors (Lipinski definition) is 6. The maximum absolute atomic E-state index is 11.0. The topological polar surface area (TPSA) is 69.9 Å². The van der Waals surface area contributed by atoms with Gasteiger partial charge in [-0.2, -0.15) is 0 Å². The van der Waals surface area contributed by atoms with Crippen molar-refractivity contribution in [2.45, 2.75) is 39.5 Å². The first-order chi connectivity index (χ1) is 14.6. The highest BCUT2D eigenvalue weighted by molar-refractivity contribution is 7.80. The highest BCUT2D eigenvalue weighted by Gasteiger charge is 2.17. The summed E-state index contributed by atoms with van der Waals surface area (Å²) in [6.45, 7) is 8.75. The van der Waals surface area contributed by atoms with Crippen LogP contribution in [-0.4, -0.2) is 33.3 Å². The van der Waals surface area contributed by atoms with Crippen molar-refractivity contribution in [3.63, 3.8) is 0 Å². The number of carboxylic acid groups (broad SMARTS) is 1. The molecule has 3 rings (SSSR count). The molecule has 0 aliphatic carbocycles. The summed E-state index contributed by atoms with van der Waals surface area (Å²) < 4.78 is 0. The summed E-state index contributed by atoms with van der Waals surface area (Å²) in [7, 11) is 0. The molecule has 0 saturated carbocycles. The zero-order chi connectivity index (χ0) is 22.8. The van der Waals surface area contributed by atoms with Gasteiger partial charge in [0.05, 0.1) is 11.4 Å². The van der Waals surface area contributed by atoms with Crippen molar-refractivity contribution in [1.29, 1.82) is 0 Å². The summed E-state index contributed by atoms with van der Waals surface area (Å²) >= 11 is 8.16. The normalized spacial score (nSPS) is 12.2. The number of aliphatic imine (C=N–C) groups is 1. The summed E-state index contributed by atoms with van der Waals surface area (Å²) in [6.07, 6.45) is 0.519. The van der Waals surface area contributed by atoms with Crippen LogP contribution >= 0.6 is 34.9 Å². The third-order valence-corrected chi connectivity index (χ3v) is 7.27. The molecule has 0 aliphatic rings. The average Bonchev–Trinajstić information content (AvgIpc) is 3.32. The molecule has 0 radical (unpaired) electrons. The van der Waals surface area contributed by atoms with Gasteiger partial charge in [-0.25, -0.2) is 4.79 Å². The zero-order valence-corrected chi connectivity index (χ0v) is 20.4. The highest BCUT2D eigenvalue weighted by Crippen LogP contribution is 2.39. The first-order valence-electron chi connectivity index (χ1n) is 9.82. The van der Waals surface area contributed by atoms with Gasteiger partial charge in [-0.1, -0.05) is 57.3 Å². The fourth-order valence-electron chi connectivity index (χ4n) is 3.06. The Morgan fingerprint density at radius 3 is 2.39 bits per heavy atom. The van der Waals surface area contributed by atoms with E-state index in [1.165, 1.54) is 28.2 Å². The number of carbonyl (C=O) groups is 1. The molecule has 0 spiro atoms. The van der Waals surface area contributed by atoms with Gasteiger partial charge in [0.2, 0.25) is 0 Å². The molecular weight excluding hydrogens is 446 g/mol. The van der Waals surface area contributed by atoms with Crippen molar-refractivity contribution in [3.8, 4) is 16.2 Å². The Morgan fingerprint density at radius 1 is 1.13 bits per heavy atom. The van der Waals surface area contributed by atoms with Gasteiger partial charge in [0.25, 0.3) is 0 Å². The molecule has 2 heterocycles. The Hall–Kier alpha value is -2.35. The van der Waals surface area contributed by atoms with Crippen LogP contribution in [0, 0.1) is 0 Å². The number of carboxylic acids is 1. The molecule has 0 atom stereocenters. The smallest absolute Gasteiger partial charge is 0.345 e. The van der Waals surface area contributed by atoms with Crippen LogP contribution < -0.4 is 0 Å². The van der Waals surface area contributed by atoms with E-state index in [1.807, 2.05) is 24.4 Å². The fourth-order valence-corrected chi connectivity index (χ4v) is 5.28. The highest BCUT2D eigenvalue weighted by atomic mass is 32.1. The second-order valence-electron chi connectivity index (χ2n) is 8.34. The lowest BCUT2D eigenvalue weighted by Crippen LogP contribution is -2.10. The number of aromatic hydroxyl groups is 1. The molecular formula is C24H25NO3S3. The van der Waals surface area contributed by atoms with Gasteiger partial charge in [-0.15, -0.1) is 22.7 Å². The van der Waals surface area contributed by atoms with Crippen molar-refractivity contribution >= 4 is 51.4 Å². The molecule has 0 amide bonds. The van der Waals surface area contributed by atoms with Gasteiger partial charge < -0.3 is 10.2 Å². The second-order valence-corrected chi connectivity index (χ2v) is 11.0. The van der Waals surface area contributed by atoms with Crippen LogP contribution in [-0.2, 0) is 11.8 Å². The molecule has 3 aromatic rings. The molecule has 0 fully saturated rings. The van der Waals surface area contributed by atoms with E-state index in [-0.39, 0.29) is 11.2 Å². The number of nitrogens with zero attached hydrogens (tertiary/aromatic N) is 1. The third-order valence-electron chi connectivity index (χ3n) is 4.90. The quantitative estimate of drug-likeness (QED) is 0.301. The number of thiophene rings is 2. The van der Waals surface area contributed by atoms with E-state index in [0.29, 0.717) is 23.4 Å². The van der Waals surface area contributed by atoms with Gasteiger partial charge in [-0.3, -0.25) is 4.99 Å². The van der Waals surface area contributed by atoms with Crippen LogP contribution in [0.4, 0.5) is 0 Å². The molecule has 2 aromatic heterocycles. The molecule has 0 bridgehead atoms. The van der Waals surface area contributed by atoms with Gasteiger partial charge >= 0.3 is 5.97 Å². The van der Waals surface area contributed by atoms with Gasteiger partial charge in [0.1, 0.15) is 10.6 Å². The van der Waals surface area contributed by atoms with Crippen LogP contribution in [0.2, 0.25) is 0 Å².